The maximum atomic E-state index is 13.3. The number of hydrogen-bond acceptors (Lipinski definition) is 13. The summed E-state index contributed by atoms with van der Waals surface area (Å²) in [6, 6.07) is -0.937. The van der Waals surface area contributed by atoms with Gasteiger partial charge in [0, 0.05) is 6.42 Å². The molecule has 0 saturated carbocycles. The van der Waals surface area contributed by atoms with Crippen molar-refractivity contribution in [3.8, 4) is 0 Å². The van der Waals surface area contributed by atoms with Crippen molar-refractivity contribution in [1.82, 2.24) is 5.32 Å². The van der Waals surface area contributed by atoms with Crippen LogP contribution in [-0.2, 0) is 23.7 Å². The SMILES string of the molecule is CCCCCCCCCCCCCCCCCCCCC/C=C/CC/C=C/CC/C=C/C(O)C(COC1OC(CO)C(OC2OC(CO)C(O)C(O)C2O)C(O)C1O)NC(=O)CCCCCCCCCCCCCCCCCCCCCCC. The Kier molecular flexibility index (Phi) is 51.5. The normalized spacial score (nSPS) is 23.8. The van der Waals surface area contributed by atoms with Crippen molar-refractivity contribution in [2.24, 2.45) is 0 Å². The molecule has 12 unspecified atom stereocenters. The molecule has 0 aromatic heterocycles. The Labute approximate surface area is 512 Å². The summed E-state index contributed by atoms with van der Waals surface area (Å²) in [6.45, 7) is 2.82. The van der Waals surface area contributed by atoms with Crippen LogP contribution in [0.5, 0.6) is 0 Å². The molecule has 1 amide bonds. The number of carbonyl (C=O) groups is 1. The number of aliphatic hydroxyl groups excluding tert-OH is 8. The first-order valence-electron chi connectivity index (χ1n) is 35.2. The molecule has 2 fully saturated rings. The average Bonchev–Trinajstić information content (AvgIpc) is 3.64. The van der Waals surface area contributed by atoms with Gasteiger partial charge in [-0.15, -0.1) is 0 Å². The quantitative estimate of drug-likeness (QED) is 0.0204. The van der Waals surface area contributed by atoms with Crippen molar-refractivity contribution < 1.29 is 64.6 Å². The third-order valence-corrected chi connectivity index (χ3v) is 17.3. The Bertz CT molecular complexity index is 1550. The van der Waals surface area contributed by atoms with Gasteiger partial charge in [0.15, 0.2) is 12.6 Å². The van der Waals surface area contributed by atoms with Gasteiger partial charge < -0.3 is 65.1 Å². The Hall–Kier alpha value is -1.79. The van der Waals surface area contributed by atoms with E-state index in [-0.39, 0.29) is 18.9 Å². The van der Waals surface area contributed by atoms with Crippen molar-refractivity contribution in [2.45, 2.75) is 383 Å². The number of amides is 1. The van der Waals surface area contributed by atoms with Gasteiger partial charge in [-0.05, 0) is 44.9 Å². The zero-order chi connectivity index (χ0) is 60.9. The lowest BCUT2D eigenvalue weighted by Crippen LogP contribution is -2.65. The van der Waals surface area contributed by atoms with E-state index >= 15 is 0 Å². The van der Waals surface area contributed by atoms with E-state index in [2.05, 4.69) is 43.5 Å². The fourth-order valence-corrected chi connectivity index (χ4v) is 11.7. The lowest BCUT2D eigenvalue weighted by atomic mass is 9.97. The molecular formula is C70H131NO13. The van der Waals surface area contributed by atoms with E-state index in [4.69, 9.17) is 18.9 Å². The van der Waals surface area contributed by atoms with E-state index in [1.54, 1.807) is 6.08 Å². The summed E-state index contributed by atoms with van der Waals surface area (Å²) < 4.78 is 22.8. The first-order valence-corrected chi connectivity index (χ1v) is 35.2. The second kappa shape index (κ2) is 55.3. The maximum Gasteiger partial charge on any atom is 0.220 e. The van der Waals surface area contributed by atoms with Gasteiger partial charge in [0.2, 0.25) is 5.91 Å². The Balaban J connectivity index is 1.70. The standard InChI is InChI=1S/C70H131NO13/c1-3-5-7-9-11-13-15-17-19-21-23-25-26-27-28-29-30-31-32-34-35-37-39-41-43-45-47-49-51-53-59(74)58(57-81-69-67(80)65(78)68(61(56-73)83-69)84-70-66(79)64(77)63(76)60(55-72)82-70)71-62(75)54-52-50-48-46-44-42-40-38-36-33-24-22-20-18-16-14-12-10-8-6-4-2/h35,37,43,45,51,53,58-61,63-70,72-74,76-80H,3-34,36,38-42,44,46-50,52,54-57H2,1-2H3,(H,71,75)/b37-35+,45-43+,53-51+. The molecule has 2 aliphatic rings. The second-order valence-electron chi connectivity index (χ2n) is 25.0. The number of aliphatic hydroxyl groups is 8. The van der Waals surface area contributed by atoms with Crippen LogP contribution in [0.4, 0.5) is 0 Å². The highest BCUT2D eigenvalue weighted by Crippen LogP contribution is 2.30. The van der Waals surface area contributed by atoms with Crippen LogP contribution in [0.25, 0.3) is 0 Å². The zero-order valence-corrected chi connectivity index (χ0v) is 53.7. The summed E-state index contributed by atoms with van der Waals surface area (Å²) in [5.74, 6) is -0.247. The highest BCUT2D eigenvalue weighted by molar-refractivity contribution is 5.76. The molecule has 2 rings (SSSR count). The van der Waals surface area contributed by atoms with Crippen LogP contribution < -0.4 is 5.32 Å². The molecule has 2 aliphatic heterocycles. The highest BCUT2D eigenvalue weighted by atomic mass is 16.7. The third kappa shape index (κ3) is 39.3. The van der Waals surface area contributed by atoms with Crippen LogP contribution in [-0.4, -0.2) is 140 Å². The van der Waals surface area contributed by atoms with Gasteiger partial charge in [-0.2, -0.15) is 0 Å². The first kappa shape index (κ1) is 78.3. The second-order valence-corrected chi connectivity index (χ2v) is 25.0. The van der Waals surface area contributed by atoms with Gasteiger partial charge in [-0.25, -0.2) is 0 Å². The van der Waals surface area contributed by atoms with Crippen LogP contribution >= 0.6 is 0 Å². The lowest BCUT2D eigenvalue weighted by molar-refractivity contribution is -0.359. The van der Waals surface area contributed by atoms with Crippen molar-refractivity contribution in [3.05, 3.63) is 36.5 Å². The van der Waals surface area contributed by atoms with E-state index in [1.165, 1.54) is 231 Å². The number of unbranched alkanes of at least 4 members (excludes halogenated alkanes) is 41. The smallest absolute Gasteiger partial charge is 0.220 e. The molecule has 2 heterocycles. The van der Waals surface area contributed by atoms with Crippen LogP contribution in [0.1, 0.15) is 309 Å². The maximum absolute atomic E-state index is 13.3. The number of allylic oxidation sites excluding steroid dienone is 5. The molecule has 494 valence electrons. The fraction of sp³-hybridized carbons (Fsp3) is 0.900. The van der Waals surface area contributed by atoms with Gasteiger partial charge in [-0.1, -0.05) is 294 Å². The van der Waals surface area contributed by atoms with Gasteiger partial charge in [0.05, 0.1) is 32.0 Å². The van der Waals surface area contributed by atoms with Crippen LogP contribution in [0.2, 0.25) is 0 Å². The van der Waals surface area contributed by atoms with E-state index in [1.807, 2.05) is 6.08 Å². The predicted molar refractivity (Wildman–Crippen MR) is 341 cm³/mol. The molecule has 84 heavy (non-hydrogen) atoms. The monoisotopic (exact) mass is 1190 g/mol. The van der Waals surface area contributed by atoms with Gasteiger partial charge in [-0.3, -0.25) is 4.79 Å². The van der Waals surface area contributed by atoms with E-state index in [0.717, 1.165) is 44.9 Å². The Morgan fingerprint density at radius 1 is 0.417 bits per heavy atom. The van der Waals surface area contributed by atoms with E-state index < -0.39 is 86.8 Å². The van der Waals surface area contributed by atoms with Crippen LogP contribution in [0.3, 0.4) is 0 Å². The number of ether oxygens (including phenoxy) is 4. The number of nitrogens with one attached hydrogen (secondary N) is 1. The van der Waals surface area contributed by atoms with Crippen molar-refractivity contribution in [3.63, 3.8) is 0 Å². The molecule has 9 N–H and O–H groups in total. The minimum Gasteiger partial charge on any atom is -0.394 e. The number of hydrogen-bond donors (Lipinski definition) is 9. The summed E-state index contributed by atoms with van der Waals surface area (Å²) >= 11 is 0. The highest BCUT2D eigenvalue weighted by Gasteiger charge is 2.51. The summed E-state index contributed by atoms with van der Waals surface area (Å²) in [7, 11) is 0. The van der Waals surface area contributed by atoms with E-state index in [0.29, 0.717) is 12.8 Å². The molecule has 0 aliphatic carbocycles. The minimum absolute atomic E-state index is 0.247. The molecule has 2 saturated heterocycles. The van der Waals surface area contributed by atoms with Crippen LogP contribution in [0.15, 0.2) is 36.5 Å². The Morgan fingerprint density at radius 2 is 0.762 bits per heavy atom. The molecule has 14 nitrogen and oxygen atoms in total. The molecule has 0 bridgehead atoms. The largest absolute Gasteiger partial charge is 0.394 e. The zero-order valence-electron chi connectivity index (χ0n) is 53.7. The van der Waals surface area contributed by atoms with Gasteiger partial charge in [0.25, 0.3) is 0 Å². The van der Waals surface area contributed by atoms with Crippen LogP contribution in [0, 0.1) is 0 Å². The summed E-state index contributed by atoms with van der Waals surface area (Å²) in [5.41, 5.74) is 0. The molecule has 0 aromatic carbocycles. The number of carbonyl (C=O) groups excluding carboxylic acids is 1. The fourth-order valence-electron chi connectivity index (χ4n) is 11.7. The third-order valence-electron chi connectivity index (χ3n) is 17.3. The number of rotatable bonds is 58. The van der Waals surface area contributed by atoms with Crippen molar-refractivity contribution in [2.75, 3.05) is 19.8 Å². The predicted octanol–water partition coefficient (Wildman–Crippen LogP) is 14.1. The molecule has 0 radical (unpaired) electrons. The summed E-state index contributed by atoms with van der Waals surface area (Å²) in [5, 5.41) is 87.4. The van der Waals surface area contributed by atoms with E-state index in [9.17, 15) is 45.6 Å². The minimum atomic E-state index is -1.79. The molecule has 0 aromatic rings. The molecular weight excluding hydrogens is 1060 g/mol. The molecule has 14 heteroatoms. The van der Waals surface area contributed by atoms with Crippen molar-refractivity contribution >= 4 is 5.91 Å². The van der Waals surface area contributed by atoms with Crippen molar-refractivity contribution in [1.29, 1.82) is 0 Å². The first-order chi connectivity index (χ1) is 41.1. The average molecular weight is 1190 g/mol. The summed E-state index contributed by atoms with van der Waals surface area (Å²) in [4.78, 5) is 13.3. The topological polar surface area (TPSA) is 228 Å². The molecule has 0 spiro atoms. The molecule has 12 atom stereocenters. The van der Waals surface area contributed by atoms with Gasteiger partial charge in [0.1, 0.15) is 48.8 Å². The lowest BCUT2D eigenvalue weighted by Gasteiger charge is -2.46. The Morgan fingerprint density at radius 3 is 1.17 bits per heavy atom. The summed E-state index contributed by atoms with van der Waals surface area (Å²) in [6.07, 6.45) is 53.5. The van der Waals surface area contributed by atoms with Gasteiger partial charge >= 0.3 is 0 Å².